The molecule has 1 aromatic carbocycles. The van der Waals surface area contributed by atoms with Gasteiger partial charge in [0.1, 0.15) is 0 Å². The summed E-state index contributed by atoms with van der Waals surface area (Å²) < 4.78 is 17.8. The number of rotatable bonds is 1. The molecule has 0 unspecified atom stereocenters. The monoisotopic (exact) mass is 392 g/mol. The fourth-order valence-electron chi connectivity index (χ4n) is 1.76. The topological polar surface area (TPSA) is 156 Å². The Bertz CT molecular complexity index is 685. The summed E-state index contributed by atoms with van der Waals surface area (Å²) >= 11 is 0. The van der Waals surface area contributed by atoms with Crippen LogP contribution < -0.4 is 0 Å². The summed E-state index contributed by atoms with van der Waals surface area (Å²) in [4.78, 5) is 43.1. The summed E-state index contributed by atoms with van der Waals surface area (Å²) in [5.41, 5.74) is 5.49. The van der Waals surface area contributed by atoms with E-state index in [1.165, 1.54) is 22.3 Å². The van der Waals surface area contributed by atoms with E-state index in [9.17, 15) is 0 Å². The highest BCUT2D eigenvalue weighted by Gasteiger charge is 2.04. The molecule has 1 aliphatic carbocycles. The molecule has 10 heteroatoms. The first-order valence-electron chi connectivity index (χ1n) is 6.94. The second-order valence-corrected chi connectivity index (χ2v) is 7.17. The van der Waals surface area contributed by atoms with Crippen LogP contribution in [0.1, 0.15) is 25.8 Å². The minimum atomic E-state index is -4.64. The van der Waals surface area contributed by atoms with Gasteiger partial charge in [-0.25, -0.2) is 9.13 Å². The van der Waals surface area contributed by atoms with Crippen LogP contribution in [0.5, 0.6) is 0 Å². The maximum Gasteiger partial charge on any atom is 0.466 e. The fraction of sp³-hybridized carbons (Fsp3) is 0.200. The standard InChI is InChI=1S/C15H16.2H3O4P/c1-12(2)13-8-10-15(11-9-13)14-6-4-3-5-7-14;2*1-5(2,3)4/h3-8,10-11H,9H2,1-2H3;2*(H3,1,2,3,4). The molecule has 0 heterocycles. The van der Waals surface area contributed by atoms with Crippen LogP contribution in [0, 0.1) is 0 Å². The highest BCUT2D eigenvalue weighted by Crippen LogP contribution is 2.26. The van der Waals surface area contributed by atoms with Gasteiger partial charge in [0.15, 0.2) is 0 Å². The van der Waals surface area contributed by atoms with Crippen molar-refractivity contribution >= 4 is 21.2 Å². The quantitative estimate of drug-likeness (QED) is 0.398. The number of hydrogen-bond donors (Lipinski definition) is 6. The van der Waals surface area contributed by atoms with Crippen LogP contribution in [0.25, 0.3) is 5.57 Å². The Kier molecular flexibility index (Phi) is 10.0. The highest BCUT2D eigenvalue weighted by atomic mass is 31.2. The summed E-state index contributed by atoms with van der Waals surface area (Å²) in [6.45, 7) is 4.34. The van der Waals surface area contributed by atoms with Crippen molar-refractivity contribution in [2.24, 2.45) is 0 Å². The average molecular weight is 392 g/mol. The van der Waals surface area contributed by atoms with Gasteiger partial charge >= 0.3 is 15.6 Å². The van der Waals surface area contributed by atoms with Gasteiger partial charge in [-0.1, -0.05) is 54.1 Å². The van der Waals surface area contributed by atoms with Crippen LogP contribution in [0.4, 0.5) is 0 Å². The van der Waals surface area contributed by atoms with Crippen LogP contribution in [0.15, 0.2) is 59.7 Å². The van der Waals surface area contributed by atoms with Gasteiger partial charge in [0.05, 0.1) is 0 Å². The molecule has 1 aliphatic rings. The summed E-state index contributed by atoms with van der Waals surface area (Å²) in [6.07, 6.45) is 7.81. The first-order valence-corrected chi connectivity index (χ1v) is 10.1. The molecular weight excluding hydrogens is 370 g/mol. The van der Waals surface area contributed by atoms with Crippen molar-refractivity contribution in [1.82, 2.24) is 0 Å². The number of phosphoric acid groups is 2. The van der Waals surface area contributed by atoms with E-state index in [2.05, 4.69) is 62.4 Å². The van der Waals surface area contributed by atoms with Gasteiger partial charge in [-0.3, -0.25) is 0 Å². The molecule has 6 N–H and O–H groups in total. The molecule has 0 saturated heterocycles. The van der Waals surface area contributed by atoms with E-state index in [4.69, 9.17) is 38.5 Å². The summed E-state index contributed by atoms with van der Waals surface area (Å²) in [5.74, 6) is 0. The van der Waals surface area contributed by atoms with E-state index in [-0.39, 0.29) is 0 Å². The Labute approximate surface area is 146 Å². The van der Waals surface area contributed by atoms with E-state index < -0.39 is 15.6 Å². The molecule has 140 valence electrons. The zero-order chi connectivity index (χ0) is 19.7. The maximum absolute atomic E-state index is 8.88. The van der Waals surface area contributed by atoms with Crippen molar-refractivity contribution in [3.63, 3.8) is 0 Å². The van der Waals surface area contributed by atoms with Gasteiger partial charge in [-0.15, -0.1) is 0 Å². The van der Waals surface area contributed by atoms with Crippen LogP contribution in [0.2, 0.25) is 0 Å². The van der Waals surface area contributed by atoms with E-state index in [0.29, 0.717) is 0 Å². The van der Waals surface area contributed by atoms with E-state index in [0.717, 1.165) is 6.42 Å². The zero-order valence-electron chi connectivity index (χ0n) is 13.7. The van der Waals surface area contributed by atoms with E-state index in [1.807, 2.05) is 0 Å². The molecule has 0 amide bonds. The molecule has 2 rings (SSSR count). The SMILES string of the molecule is CC(C)=C1C=CC(c2ccccc2)=CC1.O=P(O)(O)O.O=P(O)(O)O. The Morgan fingerprint density at radius 2 is 1.28 bits per heavy atom. The van der Waals surface area contributed by atoms with Crippen molar-refractivity contribution in [2.75, 3.05) is 0 Å². The van der Waals surface area contributed by atoms with Crippen molar-refractivity contribution in [1.29, 1.82) is 0 Å². The molecule has 0 fully saturated rings. The lowest BCUT2D eigenvalue weighted by atomic mass is 9.95. The van der Waals surface area contributed by atoms with Gasteiger partial charge in [0.25, 0.3) is 0 Å². The van der Waals surface area contributed by atoms with E-state index >= 15 is 0 Å². The predicted octanol–water partition coefficient (Wildman–Crippen LogP) is 2.51. The third-order valence-corrected chi connectivity index (χ3v) is 2.76. The first-order chi connectivity index (χ1) is 11.3. The van der Waals surface area contributed by atoms with Gasteiger partial charge in [0, 0.05) is 0 Å². The molecular formula is C15H22O8P2. The molecule has 0 aliphatic heterocycles. The fourth-order valence-corrected chi connectivity index (χ4v) is 1.76. The Balaban J connectivity index is 0.000000480. The number of hydrogen-bond acceptors (Lipinski definition) is 2. The molecule has 0 radical (unpaired) electrons. The predicted molar refractivity (Wildman–Crippen MR) is 95.1 cm³/mol. The second kappa shape index (κ2) is 10.6. The van der Waals surface area contributed by atoms with Gasteiger partial charge in [-0.05, 0) is 37.0 Å². The van der Waals surface area contributed by atoms with Gasteiger partial charge in [0.2, 0.25) is 0 Å². The third-order valence-electron chi connectivity index (χ3n) is 2.76. The molecule has 0 spiro atoms. The van der Waals surface area contributed by atoms with Crippen LogP contribution >= 0.6 is 15.6 Å². The van der Waals surface area contributed by atoms with Crippen molar-refractivity contribution in [3.8, 4) is 0 Å². The lowest BCUT2D eigenvalue weighted by Gasteiger charge is -2.10. The second-order valence-electron chi connectivity index (χ2n) is 5.11. The Morgan fingerprint density at radius 1 is 0.840 bits per heavy atom. The Morgan fingerprint density at radius 3 is 1.60 bits per heavy atom. The van der Waals surface area contributed by atoms with Crippen LogP contribution in [0.3, 0.4) is 0 Å². The summed E-state index contributed by atoms with van der Waals surface area (Å²) in [5, 5.41) is 0. The highest BCUT2D eigenvalue weighted by molar-refractivity contribution is 7.45. The lowest BCUT2D eigenvalue weighted by molar-refractivity contribution is 0.272. The minimum absolute atomic E-state index is 1.06. The van der Waals surface area contributed by atoms with Crippen molar-refractivity contribution in [3.05, 3.63) is 65.3 Å². The largest absolute Gasteiger partial charge is 0.466 e. The summed E-state index contributed by atoms with van der Waals surface area (Å²) in [7, 11) is -9.28. The molecule has 0 saturated carbocycles. The lowest BCUT2D eigenvalue weighted by Crippen LogP contribution is -1.89. The average Bonchev–Trinajstić information content (AvgIpc) is 2.45. The molecule has 0 aromatic heterocycles. The van der Waals surface area contributed by atoms with Crippen LogP contribution in [-0.2, 0) is 9.13 Å². The third kappa shape index (κ3) is 15.9. The molecule has 0 bridgehead atoms. The molecule has 1 aromatic rings. The van der Waals surface area contributed by atoms with Crippen LogP contribution in [-0.4, -0.2) is 29.4 Å². The van der Waals surface area contributed by atoms with Gasteiger partial charge in [-0.2, -0.15) is 0 Å². The first kappa shape index (κ1) is 23.7. The summed E-state index contributed by atoms with van der Waals surface area (Å²) in [6, 6.07) is 10.5. The Hall–Kier alpha value is -1.34. The molecule has 8 nitrogen and oxygen atoms in total. The maximum atomic E-state index is 8.88. The number of allylic oxidation sites excluding steroid dienone is 6. The smallest absolute Gasteiger partial charge is 0.303 e. The van der Waals surface area contributed by atoms with Gasteiger partial charge < -0.3 is 29.4 Å². The number of benzene rings is 1. The van der Waals surface area contributed by atoms with E-state index in [1.54, 1.807) is 0 Å². The van der Waals surface area contributed by atoms with Crippen molar-refractivity contribution in [2.45, 2.75) is 20.3 Å². The normalized spacial score (nSPS) is 13.8. The molecule has 0 atom stereocenters. The minimum Gasteiger partial charge on any atom is -0.303 e. The molecule has 25 heavy (non-hydrogen) atoms. The van der Waals surface area contributed by atoms with Crippen molar-refractivity contribution < 1.29 is 38.5 Å². The zero-order valence-corrected chi connectivity index (χ0v) is 15.5.